The molecule has 14 heteroatoms. The zero-order chi connectivity index (χ0) is 34.1. The number of sulfone groups is 1. The molecule has 0 spiro atoms. The Morgan fingerprint density at radius 2 is 1.35 bits per heavy atom. The van der Waals surface area contributed by atoms with E-state index in [1.54, 1.807) is 4.90 Å². The van der Waals surface area contributed by atoms with Crippen molar-refractivity contribution in [3.8, 4) is 11.5 Å². The molecule has 0 amide bonds. The number of nitrogens with one attached hydrogen (secondary N) is 1. The third-order valence-corrected chi connectivity index (χ3v) is 9.40. The Labute approximate surface area is 271 Å². The van der Waals surface area contributed by atoms with Gasteiger partial charge in [-0.3, -0.25) is 9.62 Å². The molecule has 9 N–H and O–H groups in total. The molecule has 0 saturated carbocycles. The first-order chi connectivity index (χ1) is 21.6. The molecule has 0 aliphatic rings. The minimum atomic E-state index is -3.89. The van der Waals surface area contributed by atoms with Gasteiger partial charge in [-0.2, -0.15) is 0 Å². The molecule has 0 aliphatic carbocycles. The summed E-state index contributed by atoms with van der Waals surface area (Å²) in [5.41, 5.74) is 14.3. The highest BCUT2D eigenvalue weighted by atomic mass is 32.2. The summed E-state index contributed by atoms with van der Waals surface area (Å²) >= 11 is 0. The smallest absolute Gasteiger partial charge is 0.229 e. The second-order valence-corrected chi connectivity index (χ2v) is 15.4. The zero-order valence-electron chi connectivity index (χ0n) is 26.3. The summed E-state index contributed by atoms with van der Waals surface area (Å²) < 4.78 is 50.2. The maximum atomic E-state index is 12.3. The number of nitrogen functional groups attached to an aromatic ring is 1. The predicted octanol–water partition coefficient (Wildman–Crippen LogP) is 2.83. The van der Waals surface area contributed by atoms with Crippen molar-refractivity contribution >= 4 is 31.2 Å². The summed E-state index contributed by atoms with van der Waals surface area (Å²) in [4.78, 5) is 1.34. The first kappa shape index (κ1) is 37.1. The molecule has 0 unspecified atom stereocenters. The monoisotopic (exact) mass is 678 g/mol. The average molecular weight is 679 g/mol. The second kappa shape index (κ2) is 16.4. The van der Waals surface area contributed by atoms with Crippen LogP contribution in [0.2, 0.25) is 0 Å². The molecule has 254 valence electrons. The SMILES string of the molecule is CS(=O)(=O)Nc1cc([C@@H](O)CN(CCCCc2ccc(CCCCN)cc2)C[C@H](O)c2ccc(O)c(S(C)(=O)=O)c2N)ccc1O. The maximum Gasteiger partial charge on any atom is 0.229 e. The van der Waals surface area contributed by atoms with Gasteiger partial charge in [0.2, 0.25) is 10.0 Å². The Morgan fingerprint density at radius 1 is 0.783 bits per heavy atom. The van der Waals surface area contributed by atoms with Crippen molar-refractivity contribution in [2.75, 3.05) is 49.1 Å². The Kier molecular flexibility index (Phi) is 13.2. The topological polar surface area (TPSA) is 217 Å². The van der Waals surface area contributed by atoms with Crippen LogP contribution in [-0.2, 0) is 32.7 Å². The number of rotatable bonds is 18. The van der Waals surface area contributed by atoms with Gasteiger partial charge in [0.15, 0.2) is 9.84 Å². The molecule has 0 radical (unpaired) electrons. The van der Waals surface area contributed by atoms with Crippen LogP contribution in [0.5, 0.6) is 11.5 Å². The van der Waals surface area contributed by atoms with E-state index in [-0.39, 0.29) is 35.8 Å². The fourth-order valence-corrected chi connectivity index (χ4v) is 6.81. The van der Waals surface area contributed by atoms with Crippen LogP contribution in [0.4, 0.5) is 11.4 Å². The number of aromatic hydroxyl groups is 2. The molecular weight excluding hydrogens is 633 g/mol. The molecule has 0 aromatic heterocycles. The quantitative estimate of drug-likeness (QED) is 0.0590. The van der Waals surface area contributed by atoms with Gasteiger partial charge in [-0.05, 0) is 86.5 Å². The summed E-state index contributed by atoms with van der Waals surface area (Å²) in [6, 6.07) is 15.1. The lowest BCUT2D eigenvalue weighted by Gasteiger charge is -2.28. The maximum absolute atomic E-state index is 12.3. The van der Waals surface area contributed by atoms with Crippen molar-refractivity contribution in [2.45, 2.75) is 55.6 Å². The number of aryl methyl sites for hydroxylation is 2. The molecule has 3 rings (SSSR count). The standard InChI is InChI=1S/C32H46N4O8S2/c1-45(41,42)32-28(38)16-14-25(31(32)34)30(40)21-36(18-6-4-8-23-11-9-22(10-12-23)7-3-5-17-33)20-29(39)24-13-15-27(37)26(19-24)35-46(2,43)44/h9-16,19,29-30,35,37-40H,3-8,17-18,20-21,33-34H2,1-2H3/t29-,30-/m0/s1. The summed E-state index contributed by atoms with van der Waals surface area (Å²) in [6.07, 6.45) is 4.83. The second-order valence-electron chi connectivity index (χ2n) is 11.7. The number of hydrogen-bond donors (Lipinski definition) is 7. The van der Waals surface area contributed by atoms with Gasteiger partial charge in [-0.25, -0.2) is 16.8 Å². The van der Waals surface area contributed by atoms with Gasteiger partial charge in [-0.1, -0.05) is 36.4 Å². The molecule has 2 atom stereocenters. The third kappa shape index (κ3) is 11.1. The summed E-state index contributed by atoms with van der Waals surface area (Å²) in [6.45, 7) is 1.13. The number of unbranched alkanes of at least 4 members (excludes halogenated alkanes) is 2. The van der Waals surface area contributed by atoms with Crippen LogP contribution in [0.1, 0.15) is 60.1 Å². The highest BCUT2D eigenvalue weighted by Crippen LogP contribution is 2.35. The first-order valence-corrected chi connectivity index (χ1v) is 18.9. The van der Waals surface area contributed by atoms with E-state index in [4.69, 9.17) is 11.5 Å². The molecule has 0 bridgehead atoms. The average Bonchev–Trinajstić information content (AvgIpc) is 2.95. The van der Waals surface area contributed by atoms with Crippen LogP contribution in [0.25, 0.3) is 0 Å². The molecule has 0 fully saturated rings. The number of aliphatic hydroxyl groups is 2. The van der Waals surface area contributed by atoms with Gasteiger partial charge in [0.25, 0.3) is 0 Å². The molecule has 3 aromatic rings. The van der Waals surface area contributed by atoms with E-state index in [1.165, 1.54) is 41.5 Å². The zero-order valence-corrected chi connectivity index (χ0v) is 27.9. The minimum Gasteiger partial charge on any atom is -0.507 e. The van der Waals surface area contributed by atoms with E-state index in [0.717, 1.165) is 44.6 Å². The summed E-state index contributed by atoms with van der Waals surface area (Å²) in [7, 11) is -7.58. The number of benzene rings is 3. The Bertz CT molecular complexity index is 1670. The van der Waals surface area contributed by atoms with Crippen LogP contribution in [-0.4, -0.2) is 80.9 Å². The number of phenolic OH excluding ortho intramolecular Hbond substituents is 2. The van der Waals surface area contributed by atoms with Gasteiger partial charge < -0.3 is 31.9 Å². The van der Waals surface area contributed by atoms with Crippen LogP contribution < -0.4 is 16.2 Å². The largest absolute Gasteiger partial charge is 0.507 e. The third-order valence-electron chi connectivity index (χ3n) is 7.63. The van der Waals surface area contributed by atoms with Gasteiger partial charge in [0.1, 0.15) is 16.4 Å². The minimum absolute atomic E-state index is 0.0224. The van der Waals surface area contributed by atoms with Crippen LogP contribution in [0, 0.1) is 0 Å². The number of hydrogen-bond acceptors (Lipinski definition) is 11. The number of phenols is 2. The fourth-order valence-electron chi connectivity index (χ4n) is 5.29. The van der Waals surface area contributed by atoms with Crippen LogP contribution in [0.3, 0.4) is 0 Å². The molecule has 0 heterocycles. The fraction of sp³-hybridized carbons (Fsp3) is 0.438. The lowest BCUT2D eigenvalue weighted by Crippen LogP contribution is -2.34. The van der Waals surface area contributed by atoms with Crippen LogP contribution in [0.15, 0.2) is 59.5 Å². The van der Waals surface area contributed by atoms with Crippen LogP contribution >= 0.6 is 0 Å². The number of nitrogens with zero attached hydrogens (tertiary/aromatic N) is 1. The van der Waals surface area contributed by atoms with Gasteiger partial charge in [-0.15, -0.1) is 0 Å². The van der Waals surface area contributed by atoms with Crippen molar-refractivity contribution < 1.29 is 37.3 Å². The Hall–Kier alpha value is -3.40. The number of sulfonamides is 1. The number of anilines is 2. The summed E-state index contributed by atoms with van der Waals surface area (Å²) in [5, 5.41) is 42.6. The lowest BCUT2D eigenvalue weighted by molar-refractivity contribution is 0.0681. The lowest BCUT2D eigenvalue weighted by atomic mass is 10.0. The molecular formula is C32H46N4O8S2. The van der Waals surface area contributed by atoms with E-state index in [0.29, 0.717) is 25.1 Å². The van der Waals surface area contributed by atoms with E-state index < -0.39 is 42.7 Å². The number of nitrogens with two attached hydrogens (primary N) is 2. The van der Waals surface area contributed by atoms with Gasteiger partial charge in [0, 0.05) is 24.9 Å². The highest BCUT2D eigenvalue weighted by molar-refractivity contribution is 7.92. The molecule has 3 aromatic carbocycles. The van der Waals surface area contributed by atoms with Crippen molar-refractivity contribution in [2.24, 2.45) is 5.73 Å². The summed E-state index contributed by atoms with van der Waals surface area (Å²) in [5.74, 6) is -0.820. The van der Waals surface area contributed by atoms with E-state index >= 15 is 0 Å². The van der Waals surface area contributed by atoms with E-state index in [9.17, 15) is 37.3 Å². The molecule has 0 saturated heterocycles. The van der Waals surface area contributed by atoms with Gasteiger partial charge in [0.05, 0.1) is 29.8 Å². The molecule has 12 nitrogen and oxygen atoms in total. The normalized spacial score (nSPS) is 13.5. The van der Waals surface area contributed by atoms with Crippen molar-refractivity contribution in [3.63, 3.8) is 0 Å². The highest BCUT2D eigenvalue weighted by Gasteiger charge is 2.25. The molecule has 0 aliphatic heterocycles. The Balaban J connectivity index is 1.76. The van der Waals surface area contributed by atoms with Crippen molar-refractivity contribution in [3.05, 3.63) is 76.9 Å². The van der Waals surface area contributed by atoms with Crippen molar-refractivity contribution in [1.29, 1.82) is 0 Å². The van der Waals surface area contributed by atoms with Gasteiger partial charge >= 0.3 is 0 Å². The molecule has 46 heavy (non-hydrogen) atoms. The first-order valence-electron chi connectivity index (χ1n) is 15.1. The van der Waals surface area contributed by atoms with E-state index in [2.05, 4.69) is 29.0 Å². The predicted molar refractivity (Wildman–Crippen MR) is 180 cm³/mol. The van der Waals surface area contributed by atoms with E-state index in [1.807, 2.05) is 0 Å². The van der Waals surface area contributed by atoms with Crippen molar-refractivity contribution in [1.82, 2.24) is 4.90 Å². The Morgan fingerprint density at radius 3 is 1.91 bits per heavy atom. The number of aliphatic hydroxyl groups excluding tert-OH is 2.